The van der Waals surface area contributed by atoms with Crippen LogP contribution in [0.25, 0.3) is 0 Å². The second-order valence-electron chi connectivity index (χ2n) is 6.31. The van der Waals surface area contributed by atoms with Crippen LogP contribution in [0.15, 0.2) is 41.0 Å². The van der Waals surface area contributed by atoms with Crippen molar-refractivity contribution in [3.05, 3.63) is 53.5 Å². The Hall–Kier alpha value is -2.31. The van der Waals surface area contributed by atoms with Gasteiger partial charge < -0.3 is 19.8 Å². The maximum absolute atomic E-state index is 12.3. The van der Waals surface area contributed by atoms with Crippen LogP contribution in [0.4, 0.5) is 10.5 Å². The molecule has 0 radical (unpaired) electrons. The largest absolute Gasteiger partial charge is 0.468 e. The fourth-order valence-corrected chi connectivity index (χ4v) is 2.96. The average Bonchev–Trinajstić information content (AvgIpc) is 3.14. The number of nitrogens with zero attached hydrogens (tertiary/aromatic N) is 1. The molecule has 1 aromatic carbocycles. The van der Waals surface area contributed by atoms with E-state index in [9.17, 15) is 4.79 Å². The van der Waals surface area contributed by atoms with E-state index in [2.05, 4.69) is 22.5 Å². The summed E-state index contributed by atoms with van der Waals surface area (Å²) in [6.45, 7) is 7.61. The van der Waals surface area contributed by atoms with Gasteiger partial charge in [0.05, 0.1) is 25.5 Å². The molecule has 2 amide bonds. The molecule has 0 aliphatic carbocycles. The van der Waals surface area contributed by atoms with Gasteiger partial charge in [-0.3, -0.25) is 4.90 Å². The quantitative estimate of drug-likeness (QED) is 0.875. The van der Waals surface area contributed by atoms with Crippen molar-refractivity contribution in [2.75, 3.05) is 38.2 Å². The van der Waals surface area contributed by atoms with Crippen molar-refractivity contribution in [1.29, 1.82) is 0 Å². The van der Waals surface area contributed by atoms with Crippen LogP contribution in [0.1, 0.15) is 22.9 Å². The van der Waals surface area contributed by atoms with E-state index in [1.807, 2.05) is 37.3 Å². The SMILES string of the molecule is Cc1ccc(NC(=O)NCC(c2ccco2)N2CCOCC2)cc1C. The predicted octanol–water partition coefficient (Wildman–Crippen LogP) is 3.09. The van der Waals surface area contributed by atoms with Crippen molar-refractivity contribution in [3.63, 3.8) is 0 Å². The third-order valence-corrected chi connectivity index (χ3v) is 4.58. The molecule has 1 aromatic heterocycles. The normalized spacial score (nSPS) is 16.4. The maximum atomic E-state index is 12.3. The molecule has 6 heteroatoms. The monoisotopic (exact) mass is 343 g/mol. The van der Waals surface area contributed by atoms with Gasteiger partial charge in [0.1, 0.15) is 5.76 Å². The Balaban J connectivity index is 1.60. The zero-order valence-electron chi connectivity index (χ0n) is 14.7. The summed E-state index contributed by atoms with van der Waals surface area (Å²) in [7, 11) is 0. The molecule has 2 aromatic rings. The molecule has 1 unspecified atom stereocenters. The summed E-state index contributed by atoms with van der Waals surface area (Å²) >= 11 is 0. The van der Waals surface area contributed by atoms with Gasteiger partial charge in [0, 0.05) is 25.3 Å². The Kier molecular flexibility index (Phi) is 5.73. The lowest BCUT2D eigenvalue weighted by atomic mass is 10.1. The minimum absolute atomic E-state index is 0.00408. The van der Waals surface area contributed by atoms with Gasteiger partial charge in [-0.2, -0.15) is 0 Å². The molecule has 0 saturated carbocycles. The van der Waals surface area contributed by atoms with Crippen LogP contribution in [0, 0.1) is 13.8 Å². The maximum Gasteiger partial charge on any atom is 0.319 e. The summed E-state index contributed by atoms with van der Waals surface area (Å²) in [5.74, 6) is 0.855. The van der Waals surface area contributed by atoms with Crippen LogP contribution in [-0.2, 0) is 4.74 Å². The average molecular weight is 343 g/mol. The van der Waals surface area contributed by atoms with E-state index < -0.39 is 0 Å². The van der Waals surface area contributed by atoms with E-state index in [1.54, 1.807) is 6.26 Å². The van der Waals surface area contributed by atoms with Crippen molar-refractivity contribution < 1.29 is 13.9 Å². The molecule has 1 fully saturated rings. The topological polar surface area (TPSA) is 66.7 Å². The minimum atomic E-state index is -0.215. The van der Waals surface area contributed by atoms with Gasteiger partial charge in [-0.25, -0.2) is 4.79 Å². The van der Waals surface area contributed by atoms with Crippen LogP contribution < -0.4 is 10.6 Å². The van der Waals surface area contributed by atoms with Crippen LogP contribution >= 0.6 is 0 Å². The number of rotatable bonds is 5. The Labute approximate surface area is 148 Å². The highest BCUT2D eigenvalue weighted by Crippen LogP contribution is 2.22. The van der Waals surface area contributed by atoms with Gasteiger partial charge in [-0.05, 0) is 49.2 Å². The number of ether oxygens (including phenoxy) is 1. The highest BCUT2D eigenvalue weighted by Gasteiger charge is 2.25. The number of aryl methyl sites for hydroxylation is 2. The first-order chi connectivity index (χ1) is 12.1. The number of carbonyl (C=O) groups is 1. The number of benzene rings is 1. The number of anilines is 1. The molecule has 2 heterocycles. The zero-order valence-corrected chi connectivity index (χ0v) is 14.7. The number of carbonyl (C=O) groups excluding carboxylic acids is 1. The van der Waals surface area contributed by atoms with E-state index in [4.69, 9.17) is 9.15 Å². The molecule has 1 aliphatic rings. The lowest BCUT2D eigenvalue weighted by molar-refractivity contribution is 0.0124. The fraction of sp³-hybridized carbons (Fsp3) is 0.421. The number of amides is 2. The van der Waals surface area contributed by atoms with E-state index in [-0.39, 0.29) is 12.1 Å². The standard InChI is InChI=1S/C19H25N3O3/c1-14-5-6-16(12-15(14)2)21-19(23)20-13-17(18-4-3-9-25-18)22-7-10-24-11-8-22/h3-6,9,12,17H,7-8,10-11,13H2,1-2H3,(H2,20,21,23). The van der Waals surface area contributed by atoms with Crippen molar-refractivity contribution in [3.8, 4) is 0 Å². The fourth-order valence-electron chi connectivity index (χ4n) is 2.96. The molecule has 2 N–H and O–H groups in total. The minimum Gasteiger partial charge on any atom is -0.468 e. The predicted molar refractivity (Wildman–Crippen MR) is 96.8 cm³/mol. The van der Waals surface area contributed by atoms with Crippen LogP contribution in [0.5, 0.6) is 0 Å². The second-order valence-corrected chi connectivity index (χ2v) is 6.31. The van der Waals surface area contributed by atoms with E-state index in [1.165, 1.54) is 5.56 Å². The van der Waals surface area contributed by atoms with Crippen molar-refractivity contribution in [2.45, 2.75) is 19.9 Å². The van der Waals surface area contributed by atoms with Gasteiger partial charge in [0.2, 0.25) is 0 Å². The molecular weight excluding hydrogens is 318 g/mol. The Morgan fingerprint density at radius 2 is 2.00 bits per heavy atom. The third kappa shape index (κ3) is 4.61. The number of morpholine rings is 1. The van der Waals surface area contributed by atoms with Gasteiger partial charge in [-0.15, -0.1) is 0 Å². The smallest absolute Gasteiger partial charge is 0.319 e. The van der Waals surface area contributed by atoms with Crippen LogP contribution in [-0.4, -0.2) is 43.8 Å². The van der Waals surface area contributed by atoms with Crippen molar-refractivity contribution in [2.24, 2.45) is 0 Å². The first-order valence-electron chi connectivity index (χ1n) is 8.61. The lowest BCUT2D eigenvalue weighted by Gasteiger charge is -2.33. The van der Waals surface area contributed by atoms with Gasteiger partial charge >= 0.3 is 6.03 Å². The Morgan fingerprint density at radius 3 is 2.68 bits per heavy atom. The summed E-state index contributed by atoms with van der Waals surface area (Å²) in [5, 5.41) is 5.85. The number of nitrogens with one attached hydrogen (secondary N) is 2. The van der Waals surface area contributed by atoms with Gasteiger partial charge in [0.25, 0.3) is 0 Å². The van der Waals surface area contributed by atoms with Crippen LogP contribution in [0.2, 0.25) is 0 Å². The molecule has 1 aliphatic heterocycles. The molecule has 25 heavy (non-hydrogen) atoms. The highest BCUT2D eigenvalue weighted by atomic mass is 16.5. The highest BCUT2D eigenvalue weighted by molar-refractivity contribution is 5.89. The van der Waals surface area contributed by atoms with E-state index in [0.29, 0.717) is 19.8 Å². The molecule has 0 bridgehead atoms. The molecular formula is C19H25N3O3. The summed E-state index contributed by atoms with van der Waals surface area (Å²) in [4.78, 5) is 14.5. The first kappa shape index (κ1) is 17.5. The van der Waals surface area contributed by atoms with Crippen LogP contribution in [0.3, 0.4) is 0 Å². The van der Waals surface area contributed by atoms with Gasteiger partial charge in [0.15, 0.2) is 0 Å². The molecule has 1 saturated heterocycles. The van der Waals surface area contributed by atoms with Crippen molar-refractivity contribution >= 4 is 11.7 Å². The Bertz CT molecular complexity index is 694. The number of urea groups is 1. The van der Waals surface area contributed by atoms with E-state index in [0.717, 1.165) is 30.1 Å². The van der Waals surface area contributed by atoms with Crippen molar-refractivity contribution in [1.82, 2.24) is 10.2 Å². The number of hydrogen-bond acceptors (Lipinski definition) is 4. The lowest BCUT2D eigenvalue weighted by Crippen LogP contribution is -2.44. The first-order valence-corrected chi connectivity index (χ1v) is 8.61. The summed E-state index contributed by atoms with van der Waals surface area (Å²) in [6, 6.07) is 9.50. The molecule has 0 spiro atoms. The molecule has 134 valence electrons. The summed E-state index contributed by atoms with van der Waals surface area (Å²) in [5.41, 5.74) is 3.15. The molecule has 3 rings (SSSR count). The Morgan fingerprint density at radius 1 is 1.20 bits per heavy atom. The van der Waals surface area contributed by atoms with E-state index >= 15 is 0 Å². The third-order valence-electron chi connectivity index (χ3n) is 4.58. The summed E-state index contributed by atoms with van der Waals surface area (Å²) in [6.07, 6.45) is 1.66. The molecule has 6 nitrogen and oxygen atoms in total. The second kappa shape index (κ2) is 8.18. The number of furan rings is 1. The summed E-state index contributed by atoms with van der Waals surface area (Å²) < 4.78 is 11.0. The number of hydrogen-bond donors (Lipinski definition) is 2. The molecule has 1 atom stereocenters. The zero-order chi connectivity index (χ0) is 17.6. The van der Waals surface area contributed by atoms with Gasteiger partial charge in [-0.1, -0.05) is 6.07 Å².